The highest BCUT2D eigenvalue weighted by molar-refractivity contribution is 7.18. The topological polar surface area (TPSA) is 72.5 Å². The zero-order valence-corrected chi connectivity index (χ0v) is 15.5. The predicted molar refractivity (Wildman–Crippen MR) is 100 cm³/mol. The lowest BCUT2D eigenvalue weighted by molar-refractivity contribution is -0.153. The van der Waals surface area contributed by atoms with Crippen molar-refractivity contribution >= 4 is 33.3 Å². The maximum Gasteiger partial charge on any atom is 0.422 e. The van der Waals surface area contributed by atoms with Gasteiger partial charge < -0.3 is 20.1 Å². The lowest BCUT2D eigenvalue weighted by atomic mass is 10.2. The Balaban J connectivity index is 1.61. The van der Waals surface area contributed by atoms with Crippen LogP contribution in [0.15, 0.2) is 42.5 Å². The number of rotatable bonds is 6. The molecule has 2 N–H and O–H groups in total. The Labute approximate surface area is 162 Å². The molecule has 0 radical (unpaired) electrons. The average Bonchev–Trinajstić information content (AvgIpc) is 3.07. The number of thiazole rings is 1. The molecule has 3 aromatic rings. The van der Waals surface area contributed by atoms with Gasteiger partial charge in [0.1, 0.15) is 5.01 Å². The number of nitrogens with zero attached hydrogens (tertiary/aromatic N) is 1. The first-order valence-corrected chi connectivity index (χ1v) is 8.92. The highest BCUT2D eigenvalue weighted by atomic mass is 32.1. The van der Waals surface area contributed by atoms with Crippen LogP contribution in [0, 0.1) is 0 Å². The Kier molecular flexibility index (Phi) is 5.88. The Bertz CT molecular complexity index is 942. The maximum atomic E-state index is 12.4. The van der Waals surface area contributed by atoms with Crippen LogP contribution >= 0.6 is 11.3 Å². The van der Waals surface area contributed by atoms with Crippen LogP contribution in [0.3, 0.4) is 0 Å². The number of para-hydroxylation sites is 1. The number of halogens is 3. The minimum Gasteiger partial charge on any atom is -0.493 e. The lowest BCUT2D eigenvalue weighted by Gasteiger charge is -2.14. The van der Waals surface area contributed by atoms with Gasteiger partial charge in [0, 0.05) is 11.8 Å². The summed E-state index contributed by atoms with van der Waals surface area (Å²) in [5.41, 5.74) is 1.12. The van der Waals surface area contributed by atoms with Gasteiger partial charge in [-0.05, 0) is 24.3 Å². The van der Waals surface area contributed by atoms with E-state index in [-0.39, 0.29) is 23.7 Å². The van der Waals surface area contributed by atoms with Crippen LogP contribution in [0.4, 0.5) is 23.7 Å². The van der Waals surface area contributed by atoms with Crippen LogP contribution in [0.5, 0.6) is 11.5 Å². The van der Waals surface area contributed by atoms with Crippen molar-refractivity contribution in [3.8, 4) is 11.5 Å². The molecular weight excluding hydrogens is 395 g/mol. The molecule has 28 heavy (non-hydrogen) atoms. The van der Waals surface area contributed by atoms with Gasteiger partial charge in [0.25, 0.3) is 0 Å². The molecule has 0 saturated heterocycles. The molecule has 0 bridgehead atoms. The number of ether oxygens (including phenoxy) is 2. The van der Waals surface area contributed by atoms with E-state index in [0.717, 1.165) is 15.2 Å². The van der Waals surface area contributed by atoms with Gasteiger partial charge in [-0.2, -0.15) is 13.2 Å². The van der Waals surface area contributed by atoms with E-state index in [1.165, 1.54) is 36.6 Å². The number of benzene rings is 2. The van der Waals surface area contributed by atoms with Crippen molar-refractivity contribution in [1.82, 2.24) is 10.3 Å². The summed E-state index contributed by atoms with van der Waals surface area (Å²) in [6, 6.07) is 11.3. The first-order valence-electron chi connectivity index (χ1n) is 8.11. The summed E-state index contributed by atoms with van der Waals surface area (Å²) < 4.78 is 47.9. The van der Waals surface area contributed by atoms with E-state index in [9.17, 15) is 18.0 Å². The van der Waals surface area contributed by atoms with E-state index >= 15 is 0 Å². The fourth-order valence-electron chi connectivity index (χ4n) is 2.35. The molecule has 0 unspecified atom stereocenters. The number of nitrogens with one attached hydrogen (secondary N) is 2. The van der Waals surface area contributed by atoms with Gasteiger partial charge in [0.05, 0.1) is 23.9 Å². The summed E-state index contributed by atoms with van der Waals surface area (Å²) in [6.07, 6.45) is -4.48. The van der Waals surface area contributed by atoms with E-state index in [2.05, 4.69) is 15.6 Å². The van der Waals surface area contributed by atoms with Gasteiger partial charge >= 0.3 is 12.2 Å². The summed E-state index contributed by atoms with van der Waals surface area (Å²) in [5, 5.41) is 5.94. The third-order valence-electron chi connectivity index (χ3n) is 3.55. The van der Waals surface area contributed by atoms with Gasteiger partial charge in [0.2, 0.25) is 0 Å². The maximum absolute atomic E-state index is 12.4. The molecule has 2 aromatic carbocycles. The van der Waals surface area contributed by atoms with Crippen molar-refractivity contribution in [3.63, 3.8) is 0 Å². The van der Waals surface area contributed by atoms with Gasteiger partial charge in [-0.1, -0.05) is 12.1 Å². The van der Waals surface area contributed by atoms with Crippen molar-refractivity contribution < 1.29 is 27.4 Å². The first-order chi connectivity index (χ1) is 13.3. The summed E-state index contributed by atoms with van der Waals surface area (Å²) in [6.45, 7) is -1.24. The normalized spacial score (nSPS) is 11.3. The Morgan fingerprint density at radius 1 is 1.18 bits per heavy atom. The first kappa shape index (κ1) is 19.7. The fourth-order valence-corrected chi connectivity index (χ4v) is 3.26. The summed E-state index contributed by atoms with van der Waals surface area (Å²) in [7, 11) is 1.31. The van der Waals surface area contributed by atoms with Gasteiger partial charge in [-0.3, -0.25) is 0 Å². The molecule has 1 aromatic heterocycles. The highest BCUT2D eigenvalue weighted by Crippen LogP contribution is 2.31. The molecule has 0 aliphatic rings. The number of amides is 2. The molecule has 1 heterocycles. The Hall–Kier alpha value is -3.01. The molecule has 10 heteroatoms. The summed E-state index contributed by atoms with van der Waals surface area (Å²) >= 11 is 1.47. The van der Waals surface area contributed by atoms with Crippen LogP contribution < -0.4 is 20.1 Å². The number of anilines is 1. The van der Waals surface area contributed by atoms with Crippen molar-refractivity contribution in [2.75, 3.05) is 19.0 Å². The zero-order chi connectivity index (χ0) is 20.1. The van der Waals surface area contributed by atoms with E-state index in [0.29, 0.717) is 0 Å². The fraction of sp³-hybridized carbons (Fsp3) is 0.222. The monoisotopic (exact) mass is 411 g/mol. The number of alkyl halides is 3. The van der Waals surface area contributed by atoms with Crippen molar-refractivity contribution in [3.05, 3.63) is 47.5 Å². The molecule has 2 amide bonds. The number of carbonyl (C=O) groups excluding carboxylic acids is 1. The minimum absolute atomic E-state index is 0.121. The molecule has 0 aliphatic heterocycles. The van der Waals surface area contributed by atoms with Crippen LogP contribution in [-0.2, 0) is 6.54 Å². The molecule has 0 fully saturated rings. The average molecular weight is 411 g/mol. The van der Waals surface area contributed by atoms with Crippen molar-refractivity contribution in [1.29, 1.82) is 0 Å². The largest absolute Gasteiger partial charge is 0.493 e. The number of hydrogen-bond acceptors (Lipinski definition) is 5. The van der Waals surface area contributed by atoms with E-state index in [1.807, 2.05) is 24.3 Å². The number of fused-ring (bicyclic) bond motifs is 1. The summed E-state index contributed by atoms with van der Waals surface area (Å²) in [4.78, 5) is 16.5. The lowest BCUT2D eigenvalue weighted by Crippen LogP contribution is -2.28. The van der Waals surface area contributed by atoms with Crippen LogP contribution in [0.2, 0.25) is 0 Å². The second kappa shape index (κ2) is 8.34. The van der Waals surface area contributed by atoms with Crippen molar-refractivity contribution in [2.45, 2.75) is 12.7 Å². The van der Waals surface area contributed by atoms with E-state index in [1.54, 1.807) is 0 Å². The van der Waals surface area contributed by atoms with Crippen LogP contribution in [0.25, 0.3) is 10.2 Å². The van der Waals surface area contributed by atoms with E-state index < -0.39 is 18.8 Å². The number of hydrogen-bond donors (Lipinski definition) is 2. The molecule has 0 aliphatic carbocycles. The Morgan fingerprint density at radius 2 is 1.96 bits per heavy atom. The third kappa shape index (κ3) is 5.26. The van der Waals surface area contributed by atoms with Gasteiger partial charge in [-0.15, -0.1) is 11.3 Å². The number of carbonyl (C=O) groups is 1. The molecule has 0 spiro atoms. The number of aromatic nitrogens is 1. The smallest absolute Gasteiger partial charge is 0.422 e. The highest BCUT2D eigenvalue weighted by Gasteiger charge is 2.29. The van der Waals surface area contributed by atoms with Gasteiger partial charge in [0.15, 0.2) is 18.1 Å². The number of methoxy groups -OCH3 is 1. The zero-order valence-electron chi connectivity index (χ0n) is 14.7. The molecular formula is C18H16F3N3O3S. The second-order valence-corrected chi connectivity index (χ2v) is 6.77. The number of urea groups is 1. The minimum atomic E-state index is -4.48. The summed E-state index contributed by atoms with van der Waals surface area (Å²) in [5.74, 6) is 0.00785. The van der Waals surface area contributed by atoms with E-state index in [4.69, 9.17) is 9.47 Å². The quantitative estimate of drug-likeness (QED) is 0.623. The molecule has 6 nitrogen and oxygen atoms in total. The van der Waals surface area contributed by atoms with Crippen LogP contribution in [0.1, 0.15) is 5.01 Å². The SMILES string of the molecule is COc1ccc(NC(=O)NCc2nc3ccccc3s2)cc1OCC(F)(F)F. The molecule has 0 atom stereocenters. The van der Waals surface area contributed by atoms with Crippen molar-refractivity contribution in [2.24, 2.45) is 0 Å². The molecule has 3 rings (SSSR count). The third-order valence-corrected chi connectivity index (χ3v) is 4.59. The van der Waals surface area contributed by atoms with Crippen LogP contribution in [-0.4, -0.2) is 30.9 Å². The predicted octanol–water partition coefficient (Wildman–Crippen LogP) is 4.57. The Morgan fingerprint density at radius 3 is 2.68 bits per heavy atom. The molecule has 148 valence electrons. The van der Waals surface area contributed by atoms with Gasteiger partial charge in [-0.25, -0.2) is 9.78 Å². The second-order valence-electron chi connectivity index (χ2n) is 5.65. The molecule has 0 saturated carbocycles. The standard InChI is InChI=1S/C18H16F3N3O3S/c1-26-13-7-6-11(8-14(13)27-10-18(19,20)21)23-17(25)22-9-16-24-12-4-2-3-5-15(12)28-16/h2-8H,9-10H2,1H3,(H2,22,23,25).